The molecular formula is C15H26N4. The van der Waals surface area contributed by atoms with E-state index < -0.39 is 0 Å². The molecular weight excluding hydrogens is 236 g/mol. The third-order valence-electron chi connectivity index (χ3n) is 5.22. The maximum Gasteiger partial charge on any atom is 0.140 e. The standard InChI is InChI=1S/C15H26N4/c16-11-15(9-5-2-6-10-15)14-18-17-12-19(14)13-7-3-1-4-8-13/h12-13H,1-11,16H2. The number of nitrogens with two attached hydrogens (primary N) is 1. The Labute approximate surface area is 115 Å². The van der Waals surface area contributed by atoms with Crippen LogP contribution in [0.4, 0.5) is 0 Å². The highest BCUT2D eigenvalue weighted by Crippen LogP contribution is 2.40. The molecule has 1 heterocycles. The van der Waals surface area contributed by atoms with Crippen LogP contribution in [0.5, 0.6) is 0 Å². The van der Waals surface area contributed by atoms with Gasteiger partial charge in [0, 0.05) is 18.0 Å². The Hall–Kier alpha value is -0.900. The van der Waals surface area contributed by atoms with Crippen LogP contribution in [0.3, 0.4) is 0 Å². The molecule has 19 heavy (non-hydrogen) atoms. The Bertz CT molecular complexity index is 400. The van der Waals surface area contributed by atoms with Gasteiger partial charge in [-0.1, -0.05) is 38.5 Å². The molecule has 2 fully saturated rings. The fraction of sp³-hybridized carbons (Fsp3) is 0.867. The van der Waals surface area contributed by atoms with Gasteiger partial charge >= 0.3 is 0 Å². The van der Waals surface area contributed by atoms with Gasteiger partial charge < -0.3 is 10.3 Å². The summed E-state index contributed by atoms with van der Waals surface area (Å²) in [4.78, 5) is 0. The van der Waals surface area contributed by atoms with Gasteiger partial charge in [0.15, 0.2) is 0 Å². The van der Waals surface area contributed by atoms with E-state index in [2.05, 4.69) is 14.8 Å². The van der Waals surface area contributed by atoms with Gasteiger partial charge in [-0.05, 0) is 25.7 Å². The van der Waals surface area contributed by atoms with Gasteiger partial charge in [-0.2, -0.15) is 0 Å². The van der Waals surface area contributed by atoms with Crippen molar-refractivity contribution in [3.63, 3.8) is 0 Å². The SMILES string of the molecule is NCC1(c2nncn2C2CCCCC2)CCCCC1. The van der Waals surface area contributed by atoms with Crippen molar-refractivity contribution in [3.05, 3.63) is 12.2 Å². The van der Waals surface area contributed by atoms with Crippen LogP contribution in [0.1, 0.15) is 76.1 Å². The third kappa shape index (κ3) is 2.42. The largest absolute Gasteiger partial charge is 0.329 e. The fourth-order valence-electron chi connectivity index (χ4n) is 4.00. The molecule has 2 N–H and O–H groups in total. The number of hydrogen-bond acceptors (Lipinski definition) is 3. The maximum atomic E-state index is 6.15. The molecule has 1 aromatic heterocycles. The first-order valence-electron chi connectivity index (χ1n) is 7.96. The first kappa shape index (κ1) is 13.1. The van der Waals surface area contributed by atoms with Crippen molar-refractivity contribution >= 4 is 0 Å². The molecule has 0 saturated heterocycles. The number of aromatic nitrogens is 3. The van der Waals surface area contributed by atoms with E-state index in [4.69, 9.17) is 5.73 Å². The molecule has 2 saturated carbocycles. The molecule has 2 aliphatic rings. The summed E-state index contributed by atoms with van der Waals surface area (Å²) < 4.78 is 2.37. The van der Waals surface area contributed by atoms with Crippen LogP contribution in [-0.4, -0.2) is 21.3 Å². The minimum atomic E-state index is 0.103. The molecule has 0 bridgehead atoms. The van der Waals surface area contributed by atoms with Crippen molar-refractivity contribution in [2.24, 2.45) is 5.73 Å². The smallest absolute Gasteiger partial charge is 0.140 e. The highest BCUT2D eigenvalue weighted by molar-refractivity contribution is 5.12. The van der Waals surface area contributed by atoms with Gasteiger partial charge in [0.1, 0.15) is 12.2 Å². The van der Waals surface area contributed by atoms with Crippen molar-refractivity contribution in [2.45, 2.75) is 75.7 Å². The van der Waals surface area contributed by atoms with Crippen molar-refractivity contribution in [2.75, 3.05) is 6.54 Å². The lowest BCUT2D eigenvalue weighted by atomic mass is 9.73. The molecule has 0 atom stereocenters. The maximum absolute atomic E-state index is 6.15. The second-order valence-corrected chi connectivity index (χ2v) is 6.40. The van der Waals surface area contributed by atoms with Gasteiger partial charge in [0.25, 0.3) is 0 Å². The van der Waals surface area contributed by atoms with Crippen LogP contribution in [0.2, 0.25) is 0 Å². The molecule has 2 aliphatic carbocycles. The van der Waals surface area contributed by atoms with E-state index >= 15 is 0 Å². The van der Waals surface area contributed by atoms with E-state index in [0.29, 0.717) is 6.04 Å². The van der Waals surface area contributed by atoms with Gasteiger partial charge in [-0.3, -0.25) is 0 Å². The van der Waals surface area contributed by atoms with Crippen LogP contribution >= 0.6 is 0 Å². The molecule has 4 heteroatoms. The summed E-state index contributed by atoms with van der Waals surface area (Å²) in [6.45, 7) is 0.721. The van der Waals surface area contributed by atoms with Crippen LogP contribution in [0.15, 0.2) is 6.33 Å². The Kier molecular flexibility index (Phi) is 3.87. The quantitative estimate of drug-likeness (QED) is 0.911. The van der Waals surface area contributed by atoms with Gasteiger partial charge in [-0.25, -0.2) is 0 Å². The zero-order valence-corrected chi connectivity index (χ0v) is 11.9. The highest BCUT2D eigenvalue weighted by Gasteiger charge is 2.38. The molecule has 3 rings (SSSR count). The molecule has 106 valence electrons. The van der Waals surface area contributed by atoms with Gasteiger partial charge in [0.2, 0.25) is 0 Å². The minimum Gasteiger partial charge on any atom is -0.329 e. The van der Waals surface area contributed by atoms with E-state index in [0.717, 1.165) is 6.54 Å². The van der Waals surface area contributed by atoms with Crippen molar-refractivity contribution in [1.29, 1.82) is 0 Å². The number of rotatable bonds is 3. The summed E-state index contributed by atoms with van der Waals surface area (Å²) in [5.41, 5.74) is 6.25. The zero-order chi connectivity index (χ0) is 13.1. The van der Waals surface area contributed by atoms with Crippen molar-refractivity contribution < 1.29 is 0 Å². The predicted molar refractivity (Wildman–Crippen MR) is 76.0 cm³/mol. The van der Waals surface area contributed by atoms with E-state index in [-0.39, 0.29) is 5.41 Å². The average Bonchev–Trinajstić information content (AvgIpc) is 2.99. The summed E-state index contributed by atoms with van der Waals surface area (Å²) in [5, 5.41) is 8.71. The second-order valence-electron chi connectivity index (χ2n) is 6.40. The molecule has 0 unspecified atom stereocenters. The first-order valence-corrected chi connectivity index (χ1v) is 7.96. The van der Waals surface area contributed by atoms with Crippen molar-refractivity contribution in [1.82, 2.24) is 14.8 Å². The summed E-state index contributed by atoms with van der Waals surface area (Å²) in [7, 11) is 0. The Morgan fingerprint density at radius 1 is 1.11 bits per heavy atom. The van der Waals surface area contributed by atoms with Crippen LogP contribution < -0.4 is 5.73 Å². The highest BCUT2D eigenvalue weighted by atomic mass is 15.3. The Balaban J connectivity index is 1.89. The average molecular weight is 262 g/mol. The lowest BCUT2D eigenvalue weighted by molar-refractivity contribution is 0.256. The molecule has 0 amide bonds. The third-order valence-corrected chi connectivity index (χ3v) is 5.22. The topological polar surface area (TPSA) is 56.7 Å². The van der Waals surface area contributed by atoms with E-state index in [9.17, 15) is 0 Å². The fourth-order valence-corrected chi connectivity index (χ4v) is 4.00. The van der Waals surface area contributed by atoms with Gasteiger partial charge in [0.05, 0.1) is 0 Å². The van der Waals surface area contributed by atoms with Crippen LogP contribution in [-0.2, 0) is 5.41 Å². The van der Waals surface area contributed by atoms with E-state index in [1.165, 1.54) is 70.0 Å². The Morgan fingerprint density at radius 3 is 2.47 bits per heavy atom. The molecule has 0 radical (unpaired) electrons. The summed E-state index contributed by atoms with van der Waals surface area (Å²) in [6.07, 6.45) is 14.9. The number of hydrogen-bond donors (Lipinski definition) is 1. The molecule has 0 aromatic carbocycles. The van der Waals surface area contributed by atoms with Crippen LogP contribution in [0, 0.1) is 0 Å². The molecule has 0 aliphatic heterocycles. The minimum absolute atomic E-state index is 0.103. The van der Waals surface area contributed by atoms with E-state index in [1.54, 1.807) is 0 Å². The molecule has 0 spiro atoms. The van der Waals surface area contributed by atoms with Crippen LogP contribution in [0.25, 0.3) is 0 Å². The first-order chi connectivity index (χ1) is 9.36. The number of nitrogens with zero attached hydrogens (tertiary/aromatic N) is 3. The van der Waals surface area contributed by atoms with E-state index in [1.807, 2.05) is 6.33 Å². The van der Waals surface area contributed by atoms with Gasteiger partial charge in [-0.15, -0.1) is 10.2 Å². The predicted octanol–water partition coefficient (Wildman–Crippen LogP) is 2.94. The lowest BCUT2D eigenvalue weighted by Crippen LogP contribution is -2.40. The summed E-state index contributed by atoms with van der Waals surface area (Å²) in [5.74, 6) is 1.18. The second kappa shape index (κ2) is 5.61. The monoisotopic (exact) mass is 262 g/mol. The normalized spacial score (nSPS) is 24.5. The Morgan fingerprint density at radius 2 is 1.79 bits per heavy atom. The zero-order valence-electron chi connectivity index (χ0n) is 11.9. The van der Waals surface area contributed by atoms with Crippen molar-refractivity contribution in [3.8, 4) is 0 Å². The lowest BCUT2D eigenvalue weighted by Gasteiger charge is -2.37. The molecule has 1 aromatic rings. The molecule has 4 nitrogen and oxygen atoms in total. The summed E-state index contributed by atoms with van der Waals surface area (Å²) >= 11 is 0. The summed E-state index contributed by atoms with van der Waals surface area (Å²) in [6, 6.07) is 0.615.